The molecule has 1 aliphatic heterocycles. The summed E-state index contributed by atoms with van der Waals surface area (Å²) in [6, 6.07) is 9.58. The van der Waals surface area contributed by atoms with Crippen molar-refractivity contribution in [3.63, 3.8) is 0 Å². The molecule has 0 saturated carbocycles. The first-order chi connectivity index (χ1) is 9.55. The predicted octanol–water partition coefficient (Wildman–Crippen LogP) is 2.95. The zero-order valence-corrected chi connectivity index (χ0v) is 12.0. The highest BCUT2D eigenvalue weighted by Gasteiger charge is 2.48. The predicted molar refractivity (Wildman–Crippen MR) is 76.2 cm³/mol. The molecule has 2 rings (SSSR count). The average Bonchev–Trinajstić information content (AvgIpc) is 2.91. The summed E-state index contributed by atoms with van der Waals surface area (Å²) >= 11 is 0. The van der Waals surface area contributed by atoms with Crippen molar-refractivity contribution in [3.8, 4) is 6.07 Å². The Morgan fingerprint density at radius 3 is 2.95 bits per heavy atom. The van der Waals surface area contributed by atoms with E-state index in [-0.39, 0.29) is 6.04 Å². The molecule has 1 heterocycles. The fourth-order valence-corrected chi connectivity index (χ4v) is 3.27. The Morgan fingerprint density at radius 2 is 2.35 bits per heavy atom. The van der Waals surface area contributed by atoms with Crippen molar-refractivity contribution in [3.05, 3.63) is 35.4 Å². The van der Waals surface area contributed by atoms with Crippen LogP contribution in [0, 0.1) is 11.3 Å². The standard InChI is InChI=1S/C16H20N2O2/c1-3-16(15(19)20)8-5-9-18(16)12(2)14-7-4-6-13(10-14)11-17/h4,6-7,10,12H,3,5,8-9H2,1-2H3,(H,19,20). The molecular formula is C16H20N2O2. The monoisotopic (exact) mass is 272 g/mol. The second-order valence-electron chi connectivity index (χ2n) is 5.40. The van der Waals surface area contributed by atoms with E-state index in [1.165, 1.54) is 0 Å². The average molecular weight is 272 g/mol. The maximum atomic E-state index is 11.7. The van der Waals surface area contributed by atoms with Gasteiger partial charge in [-0.15, -0.1) is 0 Å². The summed E-state index contributed by atoms with van der Waals surface area (Å²) in [5.74, 6) is -0.735. The molecule has 0 spiro atoms. The van der Waals surface area contributed by atoms with E-state index in [9.17, 15) is 9.90 Å². The molecule has 2 unspecified atom stereocenters. The molecule has 1 aromatic carbocycles. The molecule has 2 atom stereocenters. The van der Waals surface area contributed by atoms with Crippen molar-refractivity contribution in [2.24, 2.45) is 0 Å². The number of carbonyl (C=O) groups is 1. The van der Waals surface area contributed by atoms with Crippen LogP contribution in [0.25, 0.3) is 0 Å². The smallest absolute Gasteiger partial charge is 0.324 e. The van der Waals surface area contributed by atoms with Gasteiger partial charge in [0.25, 0.3) is 0 Å². The first-order valence-corrected chi connectivity index (χ1v) is 7.05. The number of carboxylic acid groups (broad SMARTS) is 1. The van der Waals surface area contributed by atoms with Gasteiger partial charge in [-0.2, -0.15) is 5.26 Å². The van der Waals surface area contributed by atoms with Crippen molar-refractivity contribution in [2.45, 2.75) is 44.7 Å². The molecule has 1 aromatic rings. The first-order valence-electron chi connectivity index (χ1n) is 7.05. The van der Waals surface area contributed by atoms with E-state index < -0.39 is 11.5 Å². The quantitative estimate of drug-likeness (QED) is 0.915. The Labute approximate surface area is 119 Å². The van der Waals surface area contributed by atoms with Crippen LogP contribution < -0.4 is 0 Å². The minimum absolute atomic E-state index is 0.00171. The summed E-state index contributed by atoms with van der Waals surface area (Å²) in [5, 5.41) is 18.6. The lowest BCUT2D eigenvalue weighted by molar-refractivity contribution is -0.151. The highest BCUT2D eigenvalue weighted by atomic mass is 16.4. The highest BCUT2D eigenvalue weighted by Crippen LogP contribution is 2.39. The van der Waals surface area contributed by atoms with Crippen LogP contribution >= 0.6 is 0 Å². The molecule has 4 nitrogen and oxygen atoms in total. The third-order valence-corrected chi connectivity index (χ3v) is 4.49. The Morgan fingerprint density at radius 1 is 1.60 bits per heavy atom. The number of hydrogen-bond donors (Lipinski definition) is 1. The molecule has 0 amide bonds. The molecule has 1 aliphatic rings. The lowest BCUT2D eigenvalue weighted by Gasteiger charge is -2.38. The number of likely N-dealkylation sites (tertiary alicyclic amines) is 1. The molecule has 20 heavy (non-hydrogen) atoms. The number of nitriles is 1. The summed E-state index contributed by atoms with van der Waals surface area (Å²) in [5.41, 5.74) is 0.859. The zero-order chi connectivity index (χ0) is 14.8. The van der Waals surface area contributed by atoms with Gasteiger partial charge in [0.1, 0.15) is 5.54 Å². The molecule has 0 bridgehead atoms. The number of benzene rings is 1. The minimum Gasteiger partial charge on any atom is -0.480 e. The molecule has 0 aliphatic carbocycles. The van der Waals surface area contributed by atoms with Gasteiger partial charge >= 0.3 is 5.97 Å². The van der Waals surface area contributed by atoms with Crippen molar-refractivity contribution >= 4 is 5.97 Å². The van der Waals surface area contributed by atoms with Crippen LogP contribution in [0.5, 0.6) is 0 Å². The third kappa shape index (κ3) is 2.30. The van der Waals surface area contributed by atoms with Crippen molar-refractivity contribution in [1.29, 1.82) is 5.26 Å². The van der Waals surface area contributed by atoms with Crippen LogP contribution in [0.15, 0.2) is 24.3 Å². The molecule has 0 radical (unpaired) electrons. The van der Waals surface area contributed by atoms with E-state index in [2.05, 4.69) is 11.0 Å². The minimum atomic E-state index is -0.762. The van der Waals surface area contributed by atoms with Gasteiger partial charge < -0.3 is 5.11 Å². The first kappa shape index (κ1) is 14.5. The van der Waals surface area contributed by atoms with Gasteiger partial charge in [0, 0.05) is 6.04 Å². The van der Waals surface area contributed by atoms with Crippen molar-refractivity contribution < 1.29 is 9.90 Å². The number of nitrogens with zero attached hydrogens (tertiary/aromatic N) is 2. The lowest BCUT2D eigenvalue weighted by Crippen LogP contribution is -2.50. The van der Waals surface area contributed by atoms with Crippen molar-refractivity contribution in [2.75, 3.05) is 6.54 Å². The molecule has 1 fully saturated rings. The Kier molecular flexibility index (Phi) is 4.10. The Bertz CT molecular complexity index is 550. The summed E-state index contributed by atoms with van der Waals surface area (Å²) in [6.45, 7) is 4.75. The van der Waals surface area contributed by atoms with E-state index in [0.29, 0.717) is 18.4 Å². The van der Waals surface area contributed by atoms with Gasteiger partial charge in [0.15, 0.2) is 0 Å². The van der Waals surface area contributed by atoms with Crippen LogP contribution in [-0.2, 0) is 4.79 Å². The lowest BCUT2D eigenvalue weighted by atomic mass is 9.90. The second-order valence-corrected chi connectivity index (χ2v) is 5.40. The van der Waals surface area contributed by atoms with Gasteiger partial charge in [-0.05, 0) is 50.4 Å². The number of aliphatic carboxylic acids is 1. The number of carboxylic acids is 1. The van der Waals surface area contributed by atoms with E-state index in [0.717, 1.165) is 18.5 Å². The topological polar surface area (TPSA) is 64.3 Å². The van der Waals surface area contributed by atoms with Crippen LogP contribution in [0.4, 0.5) is 0 Å². The van der Waals surface area contributed by atoms with Gasteiger partial charge in [-0.3, -0.25) is 9.69 Å². The summed E-state index contributed by atoms with van der Waals surface area (Å²) in [7, 11) is 0. The summed E-state index contributed by atoms with van der Waals surface area (Å²) in [6.07, 6.45) is 2.20. The number of hydrogen-bond acceptors (Lipinski definition) is 3. The molecule has 1 N–H and O–H groups in total. The van der Waals surface area contributed by atoms with E-state index in [4.69, 9.17) is 5.26 Å². The van der Waals surface area contributed by atoms with Gasteiger partial charge in [0.2, 0.25) is 0 Å². The Hall–Kier alpha value is -1.86. The third-order valence-electron chi connectivity index (χ3n) is 4.49. The molecule has 4 heteroatoms. The van der Waals surface area contributed by atoms with Gasteiger partial charge in [-0.25, -0.2) is 0 Å². The SMILES string of the molecule is CCC1(C(=O)O)CCCN1C(C)c1cccc(C#N)c1. The van der Waals surface area contributed by atoms with Gasteiger partial charge in [-0.1, -0.05) is 19.1 Å². The van der Waals surface area contributed by atoms with Gasteiger partial charge in [0.05, 0.1) is 11.6 Å². The molecular weight excluding hydrogens is 252 g/mol. The maximum absolute atomic E-state index is 11.7. The normalized spacial score (nSPS) is 24.2. The Balaban J connectivity index is 2.34. The largest absolute Gasteiger partial charge is 0.480 e. The van der Waals surface area contributed by atoms with Crippen LogP contribution in [-0.4, -0.2) is 28.1 Å². The molecule has 1 saturated heterocycles. The highest BCUT2D eigenvalue weighted by molar-refractivity contribution is 5.79. The van der Waals surface area contributed by atoms with E-state index in [1.807, 2.05) is 32.0 Å². The molecule has 0 aromatic heterocycles. The summed E-state index contributed by atoms with van der Waals surface area (Å²) < 4.78 is 0. The zero-order valence-electron chi connectivity index (χ0n) is 12.0. The molecule has 106 valence electrons. The van der Waals surface area contributed by atoms with E-state index in [1.54, 1.807) is 6.07 Å². The fraction of sp³-hybridized carbons (Fsp3) is 0.500. The van der Waals surface area contributed by atoms with Crippen molar-refractivity contribution in [1.82, 2.24) is 4.90 Å². The number of rotatable bonds is 4. The second kappa shape index (κ2) is 5.64. The maximum Gasteiger partial charge on any atom is 0.324 e. The van der Waals surface area contributed by atoms with Crippen LogP contribution in [0.3, 0.4) is 0 Å². The van der Waals surface area contributed by atoms with Crippen LogP contribution in [0.1, 0.15) is 50.3 Å². The fourth-order valence-electron chi connectivity index (χ4n) is 3.27. The van der Waals surface area contributed by atoms with Crippen LogP contribution in [0.2, 0.25) is 0 Å². The van der Waals surface area contributed by atoms with E-state index >= 15 is 0 Å². The summed E-state index contributed by atoms with van der Waals surface area (Å²) in [4.78, 5) is 13.8.